The highest BCUT2D eigenvalue weighted by atomic mass is 79.9. The summed E-state index contributed by atoms with van der Waals surface area (Å²) in [4.78, 5) is 27.1. The number of amides is 1. The third-order valence-electron chi connectivity index (χ3n) is 2.51. The van der Waals surface area contributed by atoms with Gasteiger partial charge < -0.3 is 10.4 Å². The molecule has 0 atom stereocenters. The predicted octanol–water partition coefficient (Wildman–Crippen LogP) is 4.10. The normalized spacial score (nSPS) is 10.2. The highest BCUT2D eigenvalue weighted by Crippen LogP contribution is 2.27. The number of pyridine rings is 1. The summed E-state index contributed by atoms with van der Waals surface area (Å²) in [5.41, 5.74) is 0.287. The summed E-state index contributed by atoms with van der Waals surface area (Å²) in [6.07, 6.45) is 0. The minimum atomic E-state index is -1.16. The van der Waals surface area contributed by atoms with Crippen LogP contribution in [0, 0.1) is 0 Å². The van der Waals surface area contributed by atoms with Gasteiger partial charge in [-0.25, -0.2) is 9.78 Å². The van der Waals surface area contributed by atoms with Crippen molar-refractivity contribution in [1.29, 1.82) is 0 Å². The van der Waals surface area contributed by atoms with Crippen LogP contribution in [0.15, 0.2) is 34.8 Å². The first-order chi connectivity index (χ1) is 9.88. The molecule has 2 rings (SSSR count). The standard InChI is InChI=1S/C13H7BrCl2N2O3/c14-8-3-1-2-7(13(20)21)11(8)18-12(19)6-4-9(15)17-10(16)5-6/h1-5H,(H,18,19)(H,20,21). The van der Waals surface area contributed by atoms with E-state index in [4.69, 9.17) is 28.3 Å². The Balaban J connectivity index is 2.38. The monoisotopic (exact) mass is 388 g/mol. The fraction of sp³-hybridized carbons (Fsp3) is 0. The van der Waals surface area contributed by atoms with E-state index < -0.39 is 11.9 Å². The number of carboxylic acid groups (broad SMARTS) is 1. The number of rotatable bonds is 3. The predicted molar refractivity (Wildman–Crippen MR) is 83.3 cm³/mol. The van der Waals surface area contributed by atoms with Gasteiger partial charge in [0.25, 0.3) is 5.91 Å². The van der Waals surface area contributed by atoms with Gasteiger partial charge in [-0.15, -0.1) is 0 Å². The number of benzene rings is 1. The maximum Gasteiger partial charge on any atom is 0.337 e. The molecule has 5 nitrogen and oxygen atoms in total. The average molecular weight is 390 g/mol. The van der Waals surface area contributed by atoms with Crippen molar-refractivity contribution in [2.75, 3.05) is 5.32 Å². The maximum atomic E-state index is 12.2. The molecule has 0 radical (unpaired) electrons. The molecular weight excluding hydrogens is 383 g/mol. The van der Waals surface area contributed by atoms with Gasteiger partial charge in [0.2, 0.25) is 0 Å². The zero-order valence-corrected chi connectivity index (χ0v) is 13.3. The number of hydrogen-bond acceptors (Lipinski definition) is 3. The smallest absolute Gasteiger partial charge is 0.337 e. The van der Waals surface area contributed by atoms with E-state index in [1.165, 1.54) is 18.2 Å². The van der Waals surface area contributed by atoms with Crippen LogP contribution in [0.3, 0.4) is 0 Å². The Hall–Kier alpha value is -1.63. The molecule has 0 saturated heterocycles. The Labute approximate surface area is 138 Å². The van der Waals surface area contributed by atoms with Crippen LogP contribution in [0.4, 0.5) is 5.69 Å². The second-order valence-corrected chi connectivity index (χ2v) is 5.55. The van der Waals surface area contributed by atoms with E-state index in [0.717, 1.165) is 0 Å². The van der Waals surface area contributed by atoms with Gasteiger partial charge in [-0.1, -0.05) is 29.3 Å². The molecule has 1 amide bonds. The van der Waals surface area contributed by atoms with Crippen molar-refractivity contribution < 1.29 is 14.7 Å². The van der Waals surface area contributed by atoms with Gasteiger partial charge >= 0.3 is 5.97 Å². The first kappa shape index (κ1) is 15.8. The first-order valence-corrected chi connectivity index (χ1v) is 7.09. The molecule has 0 bridgehead atoms. The summed E-state index contributed by atoms with van der Waals surface area (Å²) in [6, 6.07) is 7.23. The van der Waals surface area contributed by atoms with Gasteiger partial charge in [0.05, 0.1) is 11.3 Å². The molecular formula is C13H7BrCl2N2O3. The van der Waals surface area contributed by atoms with E-state index in [-0.39, 0.29) is 27.1 Å². The summed E-state index contributed by atoms with van der Waals surface area (Å²) in [6.45, 7) is 0. The minimum Gasteiger partial charge on any atom is -0.478 e. The number of para-hydroxylation sites is 1. The minimum absolute atomic E-state index is 0.0380. The zero-order chi connectivity index (χ0) is 15.6. The summed E-state index contributed by atoms with van der Waals surface area (Å²) in [5.74, 6) is -1.70. The molecule has 2 aromatic rings. The first-order valence-electron chi connectivity index (χ1n) is 5.54. The van der Waals surface area contributed by atoms with E-state index in [1.54, 1.807) is 12.1 Å². The zero-order valence-electron chi connectivity index (χ0n) is 10.2. The number of aromatic nitrogens is 1. The molecule has 0 unspecified atom stereocenters. The van der Waals surface area contributed by atoms with E-state index in [9.17, 15) is 9.59 Å². The lowest BCUT2D eigenvalue weighted by molar-refractivity contribution is 0.0698. The SMILES string of the molecule is O=C(Nc1c(Br)cccc1C(=O)O)c1cc(Cl)nc(Cl)c1. The third-order valence-corrected chi connectivity index (χ3v) is 3.56. The lowest BCUT2D eigenvalue weighted by Gasteiger charge is -2.10. The fourth-order valence-electron chi connectivity index (χ4n) is 1.61. The molecule has 8 heteroatoms. The van der Waals surface area contributed by atoms with Gasteiger partial charge in [0, 0.05) is 10.0 Å². The molecule has 1 aromatic carbocycles. The molecule has 0 aliphatic carbocycles. The third kappa shape index (κ3) is 3.72. The Morgan fingerprint density at radius 1 is 1.19 bits per heavy atom. The van der Waals surface area contributed by atoms with Gasteiger partial charge in [-0.3, -0.25) is 4.79 Å². The van der Waals surface area contributed by atoms with Gasteiger partial charge in [0.15, 0.2) is 0 Å². The van der Waals surface area contributed by atoms with Crippen LogP contribution in [0.5, 0.6) is 0 Å². The Morgan fingerprint density at radius 2 is 1.81 bits per heavy atom. The van der Waals surface area contributed by atoms with Crippen LogP contribution in [-0.2, 0) is 0 Å². The van der Waals surface area contributed by atoms with Crippen molar-refractivity contribution in [3.05, 3.63) is 56.2 Å². The number of anilines is 1. The molecule has 1 aromatic heterocycles. The number of hydrogen-bond donors (Lipinski definition) is 2. The Bertz CT molecular complexity index is 717. The fourth-order valence-corrected chi connectivity index (χ4v) is 2.54. The van der Waals surface area contributed by atoms with Crippen molar-refractivity contribution in [2.24, 2.45) is 0 Å². The van der Waals surface area contributed by atoms with Crippen LogP contribution in [0.25, 0.3) is 0 Å². The highest BCUT2D eigenvalue weighted by Gasteiger charge is 2.17. The summed E-state index contributed by atoms with van der Waals surface area (Å²) in [5, 5.41) is 11.8. The molecule has 108 valence electrons. The summed E-state index contributed by atoms with van der Waals surface area (Å²) < 4.78 is 0.446. The molecule has 2 N–H and O–H groups in total. The topological polar surface area (TPSA) is 79.3 Å². The van der Waals surface area contributed by atoms with Crippen molar-refractivity contribution in [3.63, 3.8) is 0 Å². The lowest BCUT2D eigenvalue weighted by atomic mass is 10.1. The van der Waals surface area contributed by atoms with Gasteiger partial charge in [-0.2, -0.15) is 0 Å². The molecule has 1 heterocycles. The van der Waals surface area contributed by atoms with Crippen LogP contribution >= 0.6 is 39.1 Å². The van der Waals surface area contributed by atoms with Crippen molar-refractivity contribution >= 4 is 56.7 Å². The Kier molecular flexibility index (Phi) is 4.82. The number of halogens is 3. The van der Waals surface area contributed by atoms with E-state index in [1.807, 2.05) is 0 Å². The molecule has 0 aliphatic rings. The average Bonchev–Trinajstić information content (AvgIpc) is 2.39. The van der Waals surface area contributed by atoms with Crippen LogP contribution in [-0.4, -0.2) is 22.0 Å². The van der Waals surface area contributed by atoms with Gasteiger partial charge in [0.1, 0.15) is 10.3 Å². The largest absolute Gasteiger partial charge is 0.478 e. The quantitative estimate of drug-likeness (QED) is 0.774. The molecule has 0 aliphatic heterocycles. The molecule has 0 saturated carbocycles. The van der Waals surface area contributed by atoms with E-state index in [0.29, 0.717) is 4.47 Å². The molecule has 0 spiro atoms. The van der Waals surface area contributed by atoms with Crippen molar-refractivity contribution in [3.8, 4) is 0 Å². The summed E-state index contributed by atoms with van der Waals surface area (Å²) in [7, 11) is 0. The van der Waals surface area contributed by atoms with Gasteiger partial charge in [-0.05, 0) is 40.2 Å². The van der Waals surface area contributed by atoms with Crippen molar-refractivity contribution in [2.45, 2.75) is 0 Å². The second kappa shape index (κ2) is 6.43. The van der Waals surface area contributed by atoms with Crippen LogP contribution < -0.4 is 5.32 Å². The second-order valence-electron chi connectivity index (χ2n) is 3.92. The van der Waals surface area contributed by atoms with Crippen LogP contribution in [0.2, 0.25) is 10.3 Å². The molecule has 0 fully saturated rings. The maximum absolute atomic E-state index is 12.2. The lowest BCUT2D eigenvalue weighted by Crippen LogP contribution is -2.15. The number of carboxylic acids is 1. The van der Waals surface area contributed by atoms with Crippen molar-refractivity contribution in [1.82, 2.24) is 4.98 Å². The number of carbonyl (C=O) groups is 2. The van der Waals surface area contributed by atoms with E-state index >= 15 is 0 Å². The molecule has 21 heavy (non-hydrogen) atoms. The number of nitrogens with zero attached hydrogens (tertiary/aromatic N) is 1. The van der Waals surface area contributed by atoms with Crippen LogP contribution in [0.1, 0.15) is 20.7 Å². The number of aromatic carboxylic acids is 1. The number of nitrogens with one attached hydrogen (secondary N) is 1. The van der Waals surface area contributed by atoms with E-state index in [2.05, 4.69) is 26.2 Å². The highest BCUT2D eigenvalue weighted by molar-refractivity contribution is 9.10. The number of carbonyl (C=O) groups excluding carboxylic acids is 1. The summed E-state index contributed by atoms with van der Waals surface area (Å²) >= 11 is 14.7. The Morgan fingerprint density at radius 3 is 2.38 bits per heavy atom.